The van der Waals surface area contributed by atoms with Crippen LogP contribution in [0.4, 0.5) is 5.69 Å². The Morgan fingerprint density at radius 3 is 2.70 bits per heavy atom. The molecule has 0 saturated heterocycles. The second-order valence-corrected chi connectivity index (χ2v) is 7.55. The van der Waals surface area contributed by atoms with Crippen LogP contribution in [0.5, 0.6) is 0 Å². The van der Waals surface area contributed by atoms with E-state index in [1.165, 1.54) is 0 Å². The van der Waals surface area contributed by atoms with Crippen molar-refractivity contribution >= 4 is 54.4 Å². The number of aromatic amines is 1. The van der Waals surface area contributed by atoms with E-state index in [1.54, 1.807) is 0 Å². The van der Waals surface area contributed by atoms with Gasteiger partial charge >= 0.3 is 0 Å². The number of halogens is 2. The van der Waals surface area contributed by atoms with Gasteiger partial charge in [0.15, 0.2) is 0 Å². The Balaban J connectivity index is 2.07. The van der Waals surface area contributed by atoms with Crippen LogP contribution in [0.3, 0.4) is 0 Å². The number of anilines is 1. The average Bonchev–Trinajstić information content (AvgIpc) is 3.36. The van der Waals surface area contributed by atoms with Gasteiger partial charge in [0.2, 0.25) is 5.91 Å². The molecule has 6 heteroatoms. The number of pyridine rings is 1. The molecule has 2 N–H and O–H groups in total. The van der Waals surface area contributed by atoms with E-state index in [0.717, 1.165) is 53.0 Å². The molecule has 2 aromatic rings. The zero-order valence-electron chi connectivity index (χ0n) is 12.8. The molecule has 1 saturated carbocycles. The number of rotatable bonds is 5. The van der Waals surface area contributed by atoms with E-state index in [1.807, 2.05) is 12.1 Å². The number of H-pyrrole nitrogens is 1. The van der Waals surface area contributed by atoms with Gasteiger partial charge < -0.3 is 10.3 Å². The highest BCUT2D eigenvalue weighted by Crippen LogP contribution is 2.35. The third-order valence-electron chi connectivity index (χ3n) is 4.16. The predicted molar refractivity (Wildman–Crippen MR) is 99.9 cm³/mol. The third-order valence-corrected chi connectivity index (χ3v) is 5.82. The van der Waals surface area contributed by atoms with Crippen LogP contribution in [-0.4, -0.2) is 10.9 Å². The second kappa shape index (κ2) is 6.77. The first kappa shape index (κ1) is 16.7. The minimum Gasteiger partial charge on any atom is -0.325 e. The zero-order valence-corrected chi connectivity index (χ0v) is 16.0. The molecule has 0 radical (unpaired) electrons. The van der Waals surface area contributed by atoms with Crippen molar-refractivity contribution in [3.63, 3.8) is 0 Å². The summed E-state index contributed by atoms with van der Waals surface area (Å²) < 4.78 is 1.33. The van der Waals surface area contributed by atoms with E-state index in [-0.39, 0.29) is 17.4 Å². The van der Waals surface area contributed by atoms with E-state index in [2.05, 4.69) is 49.1 Å². The Labute approximate surface area is 151 Å². The second-order valence-electron chi connectivity index (χ2n) is 5.96. The molecule has 122 valence electrons. The monoisotopic (exact) mass is 440 g/mol. The van der Waals surface area contributed by atoms with Gasteiger partial charge in [-0.2, -0.15) is 0 Å². The van der Waals surface area contributed by atoms with Crippen LogP contribution >= 0.6 is 31.9 Å². The van der Waals surface area contributed by atoms with Crippen LogP contribution in [0, 0.1) is 5.92 Å². The SMILES string of the molecule is CCCCc1c(Br)c(=O)[nH]c2c(Br)c(NC(=O)C3CC3)ccc12. The van der Waals surface area contributed by atoms with Gasteiger partial charge in [0.25, 0.3) is 5.56 Å². The summed E-state index contributed by atoms with van der Waals surface area (Å²) in [5, 5.41) is 3.94. The van der Waals surface area contributed by atoms with E-state index < -0.39 is 0 Å². The van der Waals surface area contributed by atoms with Gasteiger partial charge in [-0.3, -0.25) is 9.59 Å². The van der Waals surface area contributed by atoms with Crippen molar-refractivity contribution in [2.24, 2.45) is 5.92 Å². The molecule has 0 bridgehead atoms. The standard InChI is InChI=1S/C17H18Br2N2O2/c1-2-3-4-10-11-7-8-12(20-16(22)9-5-6-9)14(19)15(11)21-17(23)13(10)18/h7-9H,2-6H2,1H3,(H,20,22)(H,21,23). The molecule has 1 aromatic heterocycles. The predicted octanol–water partition coefficient (Wildman–Crippen LogP) is 4.74. The number of fused-ring (bicyclic) bond motifs is 1. The number of amides is 1. The molecule has 4 nitrogen and oxygen atoms in total. The summed E-state index contributed by atoms with van der Waals surface area (Å²) in [5.74, 6) is 0.192. The van der Waals surface area contributed by atoms with Crippen molar-refractivity contribution in [3.8, 4) is 0 Å². The number of benzene rings is 1. The Morgan fingerprint density at radius 1 is 1.30 bits per heavy atom. The molecule has 0 atom stereocenters. The highest BCUT2D eigenvalue weighted by molar-refractivity contribution is 9.11. The van der Waals surface area contributed by atoms with E-state index in [9.17, 15) is 9.59 Å². The zero-order chi connectivity index (χ0) is 16.6. The Hall–Kier alpha value is -1.14. The van der Waals surface area contributed by atoms with Crippen molar-refractivity contribution in [1.82, 2.24) is 4.98 Å². The third kappa shape index (κ3) is 3.38. The van der Waals surface area contributed by atoms with Crippen LogP contribution in [0.2, 0.25) is 0 Å². The summed E-state index contributed by atoms with van der Waals surface area (Å²) >= 11 is 6.95. The topological polar surface area (TPSA) is 62.0 Å². The number of aromatic nitrogens is 1. The van der Waals surface area contributed by atoms with E-state index >= 15 is 0 Å². The van der Waals surface area contributed by atoms with Crippen LogP contribution in [0.15, 0.2) is 25.9 Å². The van der Waals surface area contributed by atoms with Crippen molar-refractivity contribution < 1.29 is 4.79 Å². The summed E-state index contributed by atoms with van der Waals surface area (Å²) in [6, 6.07) is 3.86. The molecule has 1 aliphatic carbocycles. The summed E-state index contributed by atoms with van der Waals surface area (Å²) in [5.41, 5.74) is 2.31. The van der Waals surface area contributed by atoms with Crippen molar-refractivity contribution in [2.45, 2.75) is 39.0 Å². The molecule has 1 heterocycles. The average molecular weight is 442 g/mol. The normalized spacial score (nSPS) is 14.2. The Morgan fingerprint density at radius 2 is 2.04 bits per heavy atom. The number of hydrogen-bond acceptors (Lipinski definition) is 2. The number of carbonyl (C=O) groups is 1. The van der Waals surface area contributed by atoms with Crippen LogP contribution < -0.4 is 10.9 Å². The number of unbranched alkanes of at least 4 members (excludes halogenated alkanes) is 1. The summed E-state index contributed by atoms with van der Waals surface area (Å²) in [6.45, 7) is 2.13. The molecule has 1 aliphatic rings. The molecular formula is C17H18Br2N2O2. The Bertz CT molecular complexity index is 825. The molecule has 0 spiro atoms. The summed E-state index contributed by atoms with van der Waals surface area (Å²) in [4.78, 5) is 27.1. The molecule has 23 heavy (non-hydrogen) atoms. The molecular weight excluding hydrogens is 424 g/mol. The van der Waals surface area contributed by atoms with Crippen molar-refractivity contribution in [1.29, 1.82) is 0 Å². The van der Waals surface area contributed by atoms with Gasteiger partial charge in [-0.05, 0) is 69.2 Å². The number of carbonyl (C=O) groups excluding carboxylic acids is 1. The quantitative estimate of drug-likeness (QED) is 0.703. The highest BCUT2D eigenvalue weighted by atomic mass is 79.9. The van der Waals surface area contributed by atoms with Gasteiger partial charge in [0.1, 0.15) is 0 Å². The molecule has 0 unspecified atom stereocenters. The maximum atomic E-state index is 12.2. The number of hydrogen-bond donors (Lipinski definition) is 2. The fourth-order valence-electron chi connectivity index (χ4n) is 2.65. The smallest absolute Gasteiger partial charge is 0.263 e. The molecule has 1 amide bonds. The minimum atomic E-state index is -0.144. The van der Waals surface area contributed by atoms with E-state index in [0.29, 0.717) is 10.2 Å². The Kier molecular flexibility index (Phi) is 4.92. The van der Waals surface area contributed by atoms with Gasteiger partial charge in [-0.1, -0.05) is 19.4 Å². The molecule has 3 rings (SSSR count). The van der Waals surface area contributed by atoms with Gasteiger partial charge in [-0.15, -0.1) is 0 Å². The fraction of sp³-hybridized carbons (Fsp3) is 0.412. The number of nitrogens with one attached hydrogen (secondary N) is 2. The highest BCUT2D eigenvalue weighted by Gasteiger charge is 2.30. The first-order chi connectivity index (χ1) is 11.0. The largest absolute Gasteiger partial charge is 0.325 e. The van der Waals surface area contributed by atoms with Crippen LogP contribution in [0.25, 0.3) is 10.9 Å². The first-order valence-electron chi connectivity index (χ1n) is 7.86. The maximum Gasteiger partial charge on any atom is 0.263 e. The van der Waals surface area contributed by atoms with Gasteiger partial charge in [-0.25, -0.2) is 0 Å². The molecule has 1 fully saturated rings. The van der Waals surface area contributed by atoms with E-state index in [4.69, 9.17) is 0 Å². The lowest BCUT2D eigenvalue weighted by Gasteiger charge is -2.13. The lowest BCUT2D eigenvalue weighted by Crippen LogP contribution is -2.15. The molecule has 0 aliphatic heterocycles. The van der Waals surface area contributed by atoms with Crippen molar-refractivity contribution in [2.75, 3.05) is 5.32 Å². The summed E-state index contributed by atoms with van der Waals surface area (Å²) in [7, 11) is 0. The van der Waals surface area contributed by atoms with Crippen molar-refractivity contribution in [3.05, 3.63) is 37.0 Å². The van der Waals surface area contributed by atoms with Gasteiger partial charge in [0, 0.05) is 11.3 Å². The number of aryl methyl sites for hydroxylation is 1. The maximum absolute atomic E-state index is 12.2. The van der Waals surface area contributed by atoms with Gasteiger partial charge in [0.05, 0.1) is 20.1 Å². The first-order valence-corrected chi connectivity index (χ1v) is 9.45. The molecule has 1 aromatic carbocycles. The lowest BCUT2D eigenvalue weighted by molar-refractivity contribution is -0.117. The fourth-order valence-corrected chi connectivity index (χ4v) is 3.70. The lowest BCUT2D eigenvalue weighted by atomic mass is 10.0. The van der Waals surface area contributed by atoms with Crippen LogP contribution in [-0.2, 0) is 11.2 Å². The van der Waals surface area contributed by atoms with Crippen LogP contribution in [0.1, 0.15) is 38.2 Å². The summed E-state index contributed by atoms with van der Waals surface area (Å²) in [6.07, 6.45) is 4.86. The minimum absolute atomic E-state index is 0.0516.